The van der Waals surface area contributed by atoms with E-state index < -0.39 is 0 Å². The van der Waals surface area contributed by atoms with E-state index in [1.54, 1.807) is 29.4 Å². The maximum absolute atomic E-state index is 12.4. The number of benzene rings is 1. The molecular formula is C19H20N2O3S. The van der Waals surface area contributed by atoms with Gasteiger partial charge >= 0.3 is 0 Å². The van der Waals surface area contributed by atoms with Gasteiger partial charge in [0.1, 0.15) is 5.75 Å². The number of hydrogen-bond donors (Lipinski definition) is 1. The molecule has 3 rings (SSSR count). The zero-order valence-electron chi connectivity index (χ0n) is 14.2. The van der Waals surface area contributed by atoms with Crippen LogP contribution in [0.4, 0.5) is 0 Å². The van der Waals surface area contributed by atoms with E-state index >= 15 is 0 Å². The lowest BCUT2D eigenvalue weighted by molar-refractivity contribution is -0.132. The lowest BCUT2D eigenvalue weighted by atomic mass is 10.1. The smallest absolute Gasteiger partial charge is 0.253 e. The van der Waals surface area contributed by atoms with Crippen LogP contribution in [0.25, 0.3) is 10.9 Å². The predicted molar refractivity (Wildman–Crippen MR) is 100.0 cm³/mol. The number of ether oxygens (including phenoxy) is 1. The van der Waals surface area contributed by atoms with E-state index in [4.69, 9.17) is 4.74 Å². The molecule has 5 nitrogen and oxygen atoms in total. The van der Waals surface area contributed by atoms with E-state index in [1.807, 2.05) is 42.6 Å². The highest BCUT2D eigenvalue weighted by atomic mass is 32.1. The summed E-state index contributed by atoms with van der Waals surface area (Å²) in [5.41, 5.74) is 1.12. The van der Waals surface area contributed by atoms with Gasteiger partial charge in [-0.25, -0.2) is 0 Å². The van der Waals surface area contributed by atoms with Crippen molar-refractivity contribution in [2.75, 3.05) is 7.11 Å². The Balaban J connectivity index is 1.92. The zero-order chi connectivity index (χ0) is 17.8. The van der Waals surface area contributed by atoms with Gasteiger partial charge < -0.3 is 14.6 Å². The topological polar surface area (TPSA) is 62.4 Å². The normalized spacial score (nSPS) is 10.8. The molecule has 0 spiro atoms. The molecular weight excluding hydrogens is 336 g/mol. The Morgan fingerprint density at radius 3 is 2.76 bits per heavy atom. The first kappa shape index (κ1) is 17.2. The summed E-state index contributed by atoms with van der Waals surface area (Å²) >= 11 is 1.61. The Hall–Kier alpha value is -2.60. The van der Waals surface area contributed by atoms with Crippen molar-refractivity contribution in [1.82, 2.24) is 9.88 Å². The third kappa shape index (κ3) is 3.91. The van der Waals surface area contributed by atoms with Crippen molar-refractivity contribution in [3.8, 4) is 5.75 Å². The van der Waals surface area contributed by atoms with Crippen LogP contribution in [0.1, 0.15) is 23.8 Å². The van der Waals surface area contributed by atoms with Crippen molar-refractivity contribution in [3.05, 3.63) is 62.6 Å². The van der Waals surface area contributed by atoms with Crippen molar-refractivity contribution in [3.63, 3.8) is 0 Å². The third-order valence-corrected chi connectivity index (χ3v) is 4.93. The van der Waals surface area contributed by atoms with Gasteiger partial charge in [-0.05, 0) is 35.0 Å². The molecule has 1 amide bonds. The van der Waals surface area contributed by atoms with Gasteiger partial charge in [-0.2, -0.15) is 0 Å². The zero-order valence-corrected chi connectivity index (χ0v) is 15.1. The molecule has 25 heavy (non-hydrogen) atoms. The second kappa shape index (κ2) is 7.53. The maximum atomic E-state index is 12.4. The van der Waals surface area contributed by atoms with Gasteiger partial charge in [-0.1, -0.05) is 13.0 Å². The second-order valence-electron chi connectivity index (χ2n) is 5.76. The number of nitrogens with zero attached hydrogens (tertiary/aromatic N) is 1. The fourth-order valence-electron chi connectivity index (χ4n) is 2.72. The number of aromatic nitrogens is 1. The van der Waals surface area contributed by atoms with Gasteiger partial charge in [0.2, 0.25) is 5.91 Å². The van der Waals surface area contributed by atoms with Crippen LogP contribution in [-0.2, 0) is 17.9 Å². The Kier molecular flexibility index (Phi) is 5.19. The number of fused-ring (bicyclic) bond motifs is 1. The average molecular weight is 356 g/mol. The quantitative estimate of drug-likeness (QED) is 0.735. The number of pyridine rings is 1. The van der Waals surface area contributed by atoms with Crippen molar-refractivity contribution >= 4 is 28.1 Å². The van der Waals surface area contributed by atoms with Crippen LogP contribution in [0, 0.1) is 0 Å². The maximum Gasteiger partial charge on any atom is 0.253 e. The van der Waals surface area contributed by atoms with Crippen LogP contribution < -0.4 is 10.3 Å². The summed E-state index contributed by atoms with van der Waals surface area (Å²) in [4.78, 5) is 30.5. The summed E-state index contributed by atoms with van der Waals surface area (Å²) in [6, 6.07) is 11.4. The largest absolute Gasteiger partial charge is 0.497 e. The van der Waals surface area contributed by atoms with Crippen molar-refractivity contribution < 1.29 is 9.53 Å². The Morgan fingerprint density at radius 1 is 1.24 bits per heavy atom. The minimum absolute atomic E-state index is 0.0302. The molecule has 0 unspecified atom stereocenters. The van der Waals surface area contributed by atoms with E-state index in [9.17, 15) is 9.59 Å². The molecule has 1 aromatic carbocycles. The Bertz CT molecular complexity index is 931. The number of aromatic amines is 1. The molecule has 0 radical (unpaired) electrons. The fraction of sp³-hybridized carbons (Fsp3) is 0.263. The fourth-order valence-corrected chi connectivity index (χ4v) is 3.44. The summed E-state index contributed by atoms with van der Waals surface area (Å²) in [5.74, 6) is 0.721. The molecule has 0 saturated carbocycles. The number of methoxy groups -OCH3 is 1. The number of amides is 1. The number of rotatable bonds is 6. The monoisotopic (exact) mass is 356 g/mol. The van der Waals surface area contributed by atoms with E-state index in [0.29, 0.717) is 30.8 Å². The number of hydrogen-bond acceptors (Lipinski definition) is 4. The van der Waals surface area contributed by atoms with E-state index in [-0.39, 0.29) is 11.5 Å². The number of H-pyrrole nitrogens is 1. The standard InChI is InChI=1S/C19H20N2O3S/c1-3-18(22)21(12-16-5-4-8-25-16)11-14-9-13-6-7-15(24-2)10-17(13)20-19(14)23/h4-10H,3,11-12H2,1-2H3,(H,20,23). The molecule has 0 fully saturated rings. The highest BCUT2D eigenvalue weighted by Crippen LogP contribution is 2.20. The molecule has 0 aliphatic rings. The number of carbonyl (C=O) groups is 1. The summed E-state index contributed by atoms with van der Waals surface area (Å²) in [5, 5.41) is 2.90. The van der Waals surface area contributed by atoms with Crippen LogP contribution in [0.2, 0.25) is 0 Å². The summed E-state index contributed by atoms with van der Waals surface area (Å²) in [6.45, 7) is 2.65. The molecule has 130 valence electrons. The molecule has 1 N–H and O–H groups in total. The molecule has 0 atom stereocenters. The van der Waals surface area contributed by atoms with Crippen LogP contribution in [0.15, 0.2) is 46.6 Å². The first-order valence-electron chi connectivity index (χ1n) is 8.11. The highest BCUT2D eigenvalue weighted by Gasteiger charge is 2.15. The first-order valence-corrected chi connectivity index (χ1v) is 8.98. The van der Waals surface area contributed by atoms with Crippen molar-refractivity contribution in [2.24, 2.45) is 0 Å². The summed E-state index contributed by atoms with van der Waals surface area (Å²) < 4.78 is 5.19. The lowest BCUT2D eigenvalue weighted by Crippen LogP contribution is -2.31. The van der Waals surface area contributed by atoms with E-state index in [1.165, 1.54) is 0 Å². The molecule has 2 heterocycles. The minimum atomic E-state index is -0.180. The molecule has 0 aliphatic carbocycles. The molecule has 0 aliphatic heterocycles. The number of carbonyl (C=O) groups excluding carboxylic acids is 1. The lowest BCUT2D eigenvalue weighted by Gasteiger charge is -2.21. The summed E-state index contributed by atoms with van der Waals surface area (Å²) in [7, 11) is 1.59. The van der Waals surface area contributed by atoms with Gasteiger partial charge in [-0.15, -0.1) is 11.3 Å². The third-order valence-electron chi connectivity index (χ3n) is 4.07. The van der Waals surface area contributed by atoms with Crippen molar-refractivity contribution in [1.29, 1.82) is 0 Å². The Labute approximate surface area is 149 Å². The average Bonchev–Trinajstić information content (AvgIpc) is 3.13. The van der Waals surface area contributed by atoms with Gasteiger partial charge in [0, 0.05) is 22.9 Å². The minimum Gasteiger partial charge on any atom is -0.497 e. The summed E-state index contributed by atoms with van der Waals surface area (Å²) in [6.07, 6.45) is 0.411. The van der Waals surface area contributed by atoms with Crippen LogP contribution in [0.5, 0.6) is 5.75 Å². The van der Waals surface area contributed by atoms with E-state index in [0.717, 1.165) is 15.8 Å². The van der Waals surface area contributed by atoms with Crippen molar-refractivity contribution in [2.45, 2.75) is 26.4 Å². The molecule has 2 aromatic heterocycles. The van der Waals surface area contributed by atoms with Crippen LogP contribution in [0.3, 0.4) is 0 Å². The van der Waals surface area contributed by atoms with Gasteiger partial charge in [0.15, 0.2) is 0 Å². The molecule has 3 aromatic rings. The van der Waals surface area contributed by atoms with Gasteiger partial charge in [0.05, 0.1) is 25.7 Å². The first-order chi connectivity index (χ1) is 12.1. The van der Waals surface area contributed by atoms with E-state index in [2.05, 4.69) is 4.98 Å². The number of thiophene rings is 1. The Morgan fingerprint density at radius 2 is 2.08 bits per heavy atom. The molecule has 0 bridgehead atoms. The molecule has 0 saturated heterocycles. The highest BCUT2D eigenvalue weighted by molar-refractivity contribution is 7.09. The molecule has 6 heteroatoms. The van der Waals surface area contributed by atoms with Crippen LogP contribution >= 0.6 is 11.3 Å². The van der Waals surface area contributed by atoms with Gasteiger partial charge in [-0.3, -0.25) is 9.59 Å². The number of nitrogens with one attached hydrogen (secondary N) is 1. The van der Waals surface area contributed by atoms with Gasteiger partial charge in [0.25, 0.3) is 5.56 Å². The van der Waals surface area contributed by atoms with Crippen LogP contribution in [-0.4, -0.2) is 22.9 Å². The SMILES string of the molecule is CCC(=O)N(Cc1cccs1)Cc1cc2ccc(OC)cc2[nH]c1=O. The second-order valence-corrected chi connectivity index (χ2v) is 6.79. The predicted octanol–water partition coefficient (Wildman–Crippen LogP) is 3.54.